The molecule has 1 aliphatic rings. The lowest BCUT2D eigenvalue weighted by atomic mass is 9.93. The van der Waals surface area contributed by atoms with Crippen LogP contribution in [-0.2, 0) is 17.1 Å². The Kier molecular flexibility index (Phi) is 3.86. The lowest BCUT2D eigenvalue weighted by Crippen LogP contribution is -2.43. The molecule has 1 aliphatic heterocycles. The summed E-state index contributed by atoms with van der Waals surface area (Å²) in [5, 5.41) is 12.1. The van der Waals surface area contributed by atoms with E-state index in [9.17, 15) is 9.90 Å². The number of aromatic amines is 1. The summed E-state index contributed by atoms with van der Waals surface area (Å²) in [5.41, 5.74) is 3.54. The van der Waals surface area contributed by atoms with Crippen molar-refractivity contribution in [3.05, 3.63) is 101 Å². The molecule has 4 aromatic rings. The van der Waals surface area contributed by atoms with Gasteiger partial charge in [0.2, 0.25) is 0 Å². The Bertz CT molecular complexity index is 1150. The fourth-order valence-electron chi connectivity index (χ4n) is 4.21. The van der Waals surface area contributed by atoms with E-state index in [0.717, 1.165) is 34.0 Å². The Morgan fingerprint density at radius 3 is 2.68 bits per heavy atom. The van der Waals surface area contributed by atoms with E-state index < -0.39 is 11.8 Å². The Morgan fingerprint density at radius 2 is 1.86 bits per heavy atom. The average molecular weight is 369 g/mol. The molecule has 2 heterocycles. The van der Waals surface area contributed by atoms with Crippen molar-refractivity contribution in [2.75, 3.05) is 0 Å². The van der Waals surface area contributed by atoms with E-state index in [4.69, 9.17) is 0 Å². The lowest BCUT2D eigenvalue weighted by Gasteiger charge is -2.36. The second kappa shape index (κ2) is 6.41. The molecule has 0 fully saturated rings. The van der Waals surface area contributed by atoms with E-state index in [1.807, 2.05) is 77.7 Å². The van der Waals surface area contributed by atoms with Crippen LogP contribution in [0, 0.1) is 0 Å². The maximum atomic E-state index is 12.1. The van der Waals surface area contributed by atoms with Crippen LogP contribution in [0.5, 0.6) is 0 Å². The zero-order valence-electron chi connectivity index (χ0n) is 15.1. The minimum atomic E-state index is -1.43. The van der Waals surface area contributed by atoms with Crippen LogP contribution in [0.2, 0.25) is 0 Å². The van der Waals surface area contributed by atoms with Crippen LogP contribution in [0.15, 0.2) is 79.1 Å². The van der Waals surface area contributed by atoms with Gasteiger partial charge in [0.1, 0.15) is 6.29 Å². The molecule has 0 bridgehead atoms. The normalized spacial score (nSPS) is 21.7. The molecule has 0 saturated heterocycles. The molecule has 2 N–H and O–H groups in total. The number of nitrogens with zero attached hydrogens (tertiary/aromatic N) is 2. The van der Waals surface area contributed by atoms with E-state index in [2.05, 4.69) is 9.97 Å². The van der Waals surface area contributed by atoms with Crippen LogP contribution in [0.4, 0.5) is 0 Å². The first kappa shape index (κ1) is 16.9. The number of benzene rings is 3. The predicted octanol–water partition coefficient (Wildman–Crippen LogP) is 3.51. The van der Waals surface area contributed by atoms with Gasteiger partial charge < -0.3 is 14.9 Å². The number of aldehydes is 1. The van der Waals surface area contributed by atoms with E-state index in [0.29, 0.717) is 12.1 Å². The number of rotatable bonds is 4. The Balaban J connectivity index is 1.71. The summed E-state index contributed by atoms with van der Waals surface area (Å²) < 4.78 is 0. The minimum absolute atomic E-state index is 0.439. The highest BCUT2D eigenvalue weighted by Gasteiger charge is 2.50. The number of H-pyrrole nitrogens is 1. The van der Waals surface area contributed by atoms with E-state index in [1.54, 1.807) is 6.33 Å². The van der Waals surface area contributed by atoms with Gasteiger partial charge in [-0.05, 0) is 23.3 Å². The third kappa shape index (κ3) is 2.41. The molecule has 0 aliphatic carbocycles. The van der Waals surface area contributed by atoms with Crippen molar-refractivity contribution in [2.24, 2.45) is 0 Å². The standard InChI is InChI=1S/C23H19N3O2/c27-14-22-18-8-4-5-9-19(18)23(28,26(22)13-16-6-2-1-3-7-16)17-10-11-20-21(12-17)25-15-24-20/h1-12,14-15,22,28H,13H2,(H,24,25). The molecule has 1 aromatic heterocycles. The first-order valence-corrected chi connectivity index (χ1v) is 9.23. The highest BCUT2D eigenvalue weighted by atomic mass is 16.3. The van der Waals surface area contributed by atoms with Gasteiger partial charge in [-0.3, -0.25) is 0 Å². The quantitative estimate of drug-likeness (QED) is 0.540. The van der Waals surface area contributed by atoms with Gasteiger partial charge in [0.15, 0.2) is 5.72 Å². The summed E-state index contributed by atoms with van der Waals surface area (Å²) in [5.74, 6) is 0. The van der Waals surface area contributed by atoms with Crippen LogP contribution in [0.1, 0.15) is 28.3 Å². The maximum Gasteiger partial charge on any atom is 0.172 e. The molecule has 2 atom stereocenters. The van der Waals surface area contributed by atoms with Crippen molar-refractivity contribution in [3.8, 4) is 0 Å². The van der Waals surface area contributed by atoms with Crippen LogP contribution < -0.4 is 0 Å². The zero-order valence-corrected chi connectivity index (χ0v) is 15.1. The van der Waals surface area contributed by atoms with Gasteiger partial charge in [-0.2, -0.15) is 0 Å². The van der Waals surface area contributed by atoms with E-state index >= 15 is 0 Å². The first-order valence-electron chi connectivity index (χ1n) is 9.23. The fourth-order valence-corrected chi connectivity index (χ4v) is 4.21. The molecule has 5 nitrogen and oxygen atoms in total. The molecule has 5 heteroatoms. The monoisotopic (exact) mass is 369 g/mol. The molecule has 0 saturated carbocycles. The summed E-state index contributed by atoms with van der Waals surface area (Å²) in [4.78, 5) is 21.4. The molecule has 2 unspecified atom stereocenters. The summed E-state index contributed by atoms with van der Waals surface area (Å²) >= 11 is 0. The second-order valence-electron chi connectivity index (χ2n) is 7.09. The number of carbonyl (C=O) groups is 1. The van der Waals surface area contributed by atoms with Gasteiger partial charge in [-0.1, -0.05) is 60.7 Å². The molecule has 3 aromatic carbocycles. The fraction of sp³-hybridized carbons (Fsp3) is 0.130. The molecule has 0 spiro atoms. The van der Waals surface area contributed by atoms with Crippen molar-refractivity contribution < 1.29 is 9.90 Å². The Hall–Kier alpha value is -3.28. The number of hydrogen-bond donors (Lipinski definition) is 2. The number of fused-ring (bicyclic) bond motifs is 2. The SMILES string of the molecule is O=CC1c2ccccc2C(O)(c2ccc3[nH]cnc3c2)N1Cc1ccccc1. The van der Waals surface area contributed by atoms with Crippen molar-refractivity contribution >= 4 is 17.3 Å². The third-order valence-corrected chi connectivity index (χ3v) is 5.56. The highest BCUT2D eigenvalue weighted by molar-refractivity contribution is 5.76. The largest absolute Gasteiger partial charge is 0.367 e. The minimum Gasteiger partial charge on any atom is -0.367 e. The van der Waals surface area contributed by atoms with Gasteiger partial charge >= 0.3 is 0 Å². The summed E-state index contributed by atoms with van der Waals surface area (Å²) in [6, 6.07) is 22.6. The first-order chi connectivity index (χ1) is 13.7. The molecular weight excluding hydrogens is 350 g/mol. The molecular formula is C23H19N3O2. The second-order valence-corrected chi connectivity index (χ2v) is 7.09. The van der Waals surface area contributed by atoms with Crippen molar-refractivity contribution in [2.45, 2.75) is 18.3 Å². The number of carbonyl (C=O) groups excluding carboxylic acids is 1. The zero-order chi connectivity index (χ0) is 19.1. The van der Waals surface area contributed by atoms with Gasteiger partial charge in [0.05, 0.1) is 23.4 Å². The van der Waals surface area contributed by atoms with Crippen molar-refractivity contribution in [3.63, 3.8) is 0 Å². The maximum absolute atomic E-state index is 12.1. The summed E-state index contributed by atoms with van der Waals surface area (Å²) in [6.45, 7) is 0.439. The van der Waals surface area contributed by atoms with Crippen LogP contribution in [-0.4, -0.2) is 26.3 Å². The molecule has 0 radical (unpaired) electrons. The van der Waals surface area contributed by atoms with E-state index in [1.165, 1.54) is 0 Å². The van der Waals surface area contributed by atoms with Crippen LogP contribution in [0.3, 0.4) is 0 Å². The molecule has 5 rings (SSSR count). The lowest BCUT2D eigenvalue weighted by molar-refractivity contribution is -0.126. The summed E-state index contributed by atoms with van der Waals surface area (Å²) in [7, 11) is 0. The number of imidazole rings is 1. The number of aliphatic hydroxyl groups is 1. The predicted molar refractivity (Wildman–Crippen MR) is 106 cm³/mol. The van der Waals surface area contributed by atoms with Gasteiger partial charge in [0, 0.05) is 17.7 Å². The molecule has 0 amide bonds. The molecule has 28 heavy (non-hydrogen) atoms. The topological polar surface area (TPSA) is 69.2 Å². The van der Waals surface area contributed by atoms with Gasteiger partial charge in [0.25, 0.3) is 0 Å². The number of nitrogens with one attached hydrogen (secondary N) is 1. The van der Waals surface area contributed by atoms with Crippen LogP contribution >= 0.6 is 0 Å². The molecule has 138 valence electrons. The van der Waals surface area contributed by atoms with Gasteiger partial charge in [-0.25, -0.2) is 9.88 Å². The van der Waals surface area contributed by atoms with Crippen molar-refractivity contribution in [1.29, 1.82) is 0 Å². The number of aromatic nitrogens is 2. The van der Waals surface area contributed by atoms with E-state index in [-0.39, 0.29) is 0 Å². The smallest absolute Gasteiger partial charge is 0.172 e. The Morgan fingerprint density at radius 1 is 1.07 bits per heavy atom. The van der Waals surface area contributed by atoms with Gasteiger partial charge in [-0.15, -0.1) is 0 Å². The van der Waals surface area contributed by atoms with Crippen LogP contribution in [0.25, 0.3) is 11.0 Å². The highest BCUT2D eigenvalue weighted by Crippen LogP contribution is 2.48. The van der Waals surface area contributed by atoms with Crippen molar-refractivity contribution in [1.82, 2.24) is 14.9 Å². The number of hydrogen-bond acceptors (Lipinski definition) is 4. The average Bonchev–Trinajstić information content (AvgIpc) is 3.30. The summed E-state index contributed by atoms with van der Waals surface area (Å²) in [6.07, 6.45) is 2.55. The third-order valence-electron chi connectivity index (χ3n) is 5.56. The Labute approximate surface area is 162 Å².